The van der Waals surface area contributed by atoms with Crippen LogP contribution in [0.2, 0.25) is 0 Å². The molecule has 4 nitrogen and oxygen atoms in total. The number of carbonyl (C=O) groups is 1. The number of carboxylic acids is 1. The van der Waals surface area contributed by atoms with Gasteiger partial charge in [-0.15, -0.1) is 0 Å². The molecule has 1 unspecified atom stereocenters. The fourth-order valence-corrected chi connectivity index (χ4v) is 3.51. The zero-order valence-corrected chi connectivity index (χ0v) is 13.4. The van der Waals surface area contributed by atoms with Gasteiger partial charge < -0.3 is 10.2 Å². The summed E-state index contributed by atoms with van der Waals surface area (Å²) >= 11 is 0. The Balaban J connectivity index is 1.70. The Labute approximate surface area is 136 Å². The Morgan fingerprint density at radius 2 is 1.83 bits per heavy atom. The van der Waals surface area contributed by atoms with Crippen LogP contribution in [0, 0.1) is 0 Å². The Morgan fingerprint density at radius 3 is 2.52 bits per heavy atom. The van der Waals surface area contributed by atoms with Gasteiger partial charge in [0.2, 0.25) is 0 Å². The molecule has 1 saturated heterocycles. The van der Waals surface area contributed by atoms with Gasteiger partial charge in [0.15, 0.2) is 5.60 Å². The molecule has 0 aromatic heterocycles. The first kappa shape index (κ1) is 16.0. The van der Waals surface area contributed by atoms with E-state index in [-0.39, 0.29) is 6.54 Å². The number of hydrogen-bond acceptors (Lipinski definition) is 3. The third kappa shape index (κ3) is 3.38. The molecule has 3 rings (SSSR count). The van der Waals surface area contributed by atoms with Crippen LogP contribution in [-0.2, 0) is 4.79 Å². The van der Waals surface area contributed by atoms with Crippen molar-refractivity contribution >= 4 is 16.7 Å². The second-order valence-corrected chi connectivity index (χ2v) is 6.70. The van der Waals surface area contributed by atoms with Gasteiger partial charge in [-0.3, -0.25) is 4.90 Å². The molecule has 23 heavy (non-hydrogen) atoms. The molecule has 1 fully saturated rings. The van der Waals surface area contributed by atoms with Gasteiger partial charge in [-0.1, -0.05) is 42.5 Å². The highest BCUT2D eigenvalue weighted by atomic mass is 16.4. The third-order valence-corrected chi connectivity index (χ3v) is 4.84. The SMILES string of the molecule is CC(O)(CN1CCC(c2cccc3ccccc23)CC1)C(=O)O. The fourth-order valence-electron chi connectivity index (χ4n) is 3.51. The number of likely N-dealkylation sites (tertiary alicyclic amines) is 1. The molecular formula is C19H23NO3. The van der Waals surface area contributed by atoms with E-state index < -0.39 is 11.6 Å². The predicted molar refractivity (Wildman–Crippen MR) is 90.6 cm³/mol. The molecule has 1 aliphatic heterocycles. The molecule has 0 radical (unpaired) electrons. The summed E-state index contributed by atoms with van der Waals surface area (Å²) in [7, 11) is 0. The number of aliphatic carboxylic acids is 1. The van der Waals surface area contributed by atoms with Gasteiger partial charge in [0.25, 0.3) is 0 Å². The summed E-state index contributed by atoms with van der Waals surface area (Å²) in [5, 5.41) is 21.5. The first-order valence-electron chi connectivity index (χ1n) is 8.13. The van der Waals surface area contributed by atoms with Crippen LogP contribution in [0.5, 0.6) is 0 Å². The summed E-state index contributed by atoms with van der Waals surface area (Å²) in [6.45, 7) is 3.19. The van der Waals surface area contributed by atoms with Crippen LogP contribution in [0.15, 0.2) is 42.5 Å². The standard InChI is InChI=1S/C19H23NO3/c1-19(23,18(21)22)13-20-11-9-15(10-12-20)17-8-4-6-14-5-2-3-7-16(14)17/h2-8,15,23H,9-13H2,1H3,(H,21,22). The number of nitrogens with zero attached hydrogens (tertiary/aromatic N) is 1. The average Bonchev–Trinajstić information content (AvgIpc) is 2.55. The van der Waals surface area contributed by atoms with E-state index in [0.717, 1.165) is 25.9 Å². The van der Waals surface area contributed by atoms with E-state index >= 15 is 0 Å². The number of rotatable bonds is 4. The zero-order chi connectivity index (χ0) is 16.4. The second-order valence-electron chi connectivity index (χ2n) is 6.70. The zero-order valence-electron chi connectivity index (χ0n) is 13.4. The predicted octanol–water partition coefficient (Wildman–Crippen LogP) is 2.85. The van der Waals surface area contributed by atoms with Gasteiger partial charge in [-0.05, 0) is 55.1 Å². The molecule has 2 aromatic carbocycles. The smallest absolute Gasteiger partial charge is 0.336 e. The summed E-state index contributed by atoms with van der Waals surface area (Å²) in [5.41, 5.74) is -0.292. The van der Waals surface area contributed by atoms with Gasteiger partial charge in [-0.2, -0.15) is 0 Å². The van der Waals surface area contributed by atoms with Crippen molar-refractivity contribution in [2.45, 2.75) is 31.3 Å². The van der Waals surface area contributed by atoms with Crippen LogP contribution in [0.3, 0.4) is 0 Å². The number of aliphatic hydroxyl groups is 1. The van der Waals surface area contributed by atoms with Crippen molar-refractivity contribution in [3.8, 4) is 0 Å². The first-order valence-corrected chi connectivity index (χ1v) is 8.13. The molecule has 0 saturated carbocycles. The Morgan fingerprint density at radius 1 is 1.17 bits per heavy atom. The van der Waals surface area contributed by atoms with Crippen LogP contribution in [-0.4, -0.2) is 46.3 Å². The van der Waals surface area contributed by atoms with E-state index in [4.69, 9.17) is 5.11 Å². The van der Waals surface area contributed by atoms with Crippen LogP contribution < -0.4 is 0 Å². The number of hydrogen-bond donors (Lipinski definition) is 2. The molecule has 1 heterocycles. The highest BCUT2D eigenvalue weighted by Gasteiger charge is 2.34. The molecule has 4 heteroatoms. The second kappa shape index (κ2) is 6.30. The lowest BCUT2D eigenvalue weighted by Gasteiger charge is -2.35. The Bertz CT molecular complexity index is 697. The van der Waals surface area contributed by atoms with E-state index in [1.165, 1.54) is 23.3 Å². The topological polar surface area (TPSA) is 60.8 Å². The van der Waals surface area contributed by atoms with Gasteiger partial charge in [0, 0.05) is 6.54 Å². The largest absolute Gasteiger partial charge is 0.479 e. The molecule has 0 spiro atoms. The van der Waals surface area contributed by atoms with E-state index in [9.17, 15) is 9.90 Å². The summed E-state index contributed by atoms with van der Waals surface area (Å²) in [6.07, 6.45) is 1.98. The van der Waals surface area contributed by atoms with Crippen molar-refractivity contribution in [1.82, 2.24) is 4.90 Å². The molecular weight excluding hydrogens is 290 g/mol. The monoisotopic (exact) mass is 313 g/mol. The number of benzene rings is 2. The van der Waals surface area contributed by atoms with Crippen molar-refractivity contribution in [2.75, 3.05) is 19.6 Å². The Hall–Kier alpha value is -1.91. The minimum Gasteiger partial charge on any atom is -0.479 e. The molecule has 122 valence electrons. The van der Waals surface area contributed by atoms with E-state index in [0.29, 0.717) is 5.92 Å². The maximum atomic E-state index is 11.1. The lowest BCUT2D eigenvalue weighted by atomic mass is 9.86. The van der Waals surface area contributed by atoms with E-state index in [2.05, 4.69) is 47.4 Å². The van der Waals surface area contributed by atoms with Gasteiger partial charge >= 0.3 is 5.97 Å². The van der Waals surface area contributed by atoms with Crippen molar-refractivity contribution in [3.63, 3.8) is 0 Å². The number of β-amino-alcohol motifs (C(OH)–C–C–N with tert-alkyl or cyclic N) is 1. The normalized spacial score (nSPS) is 19.6. The van der Waals surface area contributed by atoms with Crippen LogP contribution in [0.4, 0.5) is 0 Å². The van der Waals surface area contributed by atoms with E-state index in [1.807, 2.05) is 0 Å². The molecule has 2 N–H and O–H groups in total. The van der Waals surface area contributed by atoms with E-state index in [1.54, 1.807) is 0 Å². The minimum atomic E-state index is -1.67. The van der Waals surface area contributed by atoms with Crippen molar-refractivity contribution in [1.29, 1.82) is 0 Å². The molecule has 0 amide bonds. The lowest BCUT2D eigenvalue weighted by Crippen LogP contribution is -2.48. The average molecular weight is 313 g/mol. The third-order valence-electron chi connectivity index (χ3n) is 4.84. The minimum absolute atomic E-state index is 0.185. The highest BCUT2D eigenvalue weighted by molar-refractivity contribution is 5.86. The lowest BCUT2D eigenvalue weighted by molar-refractivity contribution is -0.158. The van der Waals surface area contributed by atoms with Crippen molar-refractivity contribution in [3.05, 3.63) is 48.0 Å². The number of fused-ring (bicyclic) bond motifs is 1. The van der Waals surface area contributed by atoms with Crippen LogP contribution in [0.25, 0.3) is 10.8 Å². The summed E-state index contributed by atoms with van der Waals surface area (Å²) < 4.78 is 0. The fraction of sp³-hybridized carbons (Fsp3) is 0.421. The Kier molecular flexibility index (Phi) is 4.37. The first-order chi connectivity index (χ1) is 11.0. The highest BCUT2D eigenvalue weighted by Crippen LogP contribution is 2.33. The molecule has 0 bridgehead atoms. The molecule has 0 aliphatic carbocycles. The summed E-state index contributed by atoms with van der Waals surface area (Å²) in [5.74, 6) is -0.666. The van der Waals surface area contributed by atoms with Gasteiger partial charge in [0.05, 0.1) is 0 Å². The number of piperidine rings is 1. The quantitative estimate of drug-likeness (QED) is 0.911. The van der Waals surface area contributed by atoms with Gasteiger partial charge in [-0.25, -0.2) is 4.79 Å². The maximum Gasteiger partial charge on any atom is 0.336 e. The molecule has 2 aromatic rings. The van der Waals surface area contributed by atoms with Crippen molar-refractivity contribution in [2.24, 2.45) is 0 Å². The van der Waals surface area contributed by atoms with Crippen LogP contribution in [0.1, 0.15) is 31.2 Å². The maximum absolute atomic E-state index is 11.1. The van der Waals surface area contributed by atoms with Crippen LogP contribution >= 0.6 is 0 Å². The molecule has 1 aliphatic rings. The summed E-state index contributed by atoms with van der Waals surface area (Å²) in [4.78, 5) is 13.1. The molecule has 1 atom stereocenters. The van der Waals surface area contributed by atoms with Gasteiger partial charge in [0.1, 0.15) is 0 Å². The number of carboxylic acid groups (broad SMARTS) is 1. The van der Waals surface area contributed by atoms with Crippen molar-refractivity contribution < 1.29 is 15.0 Å². The summed E-state index contributed by atoms with van der Waals surface area (Å²) in [6, 6.07) is 14.9.